The van der Waals surface area contributed by atoms with E-state index < -0.39 is 0 Å². The third-order valence-corrected chi connectivity index (χ3v) is 4.28. The summed E-state index contributed by atoms with van der Waals surface area (Å²) in [7, 11) is 1.35. The maximum absolute atomic E-state index is 12.8. The molecule has 5 heteroatoms. The van der Waals surface area contributed by atoms with Crippen LogP contribution in [-0.2, 0) is 11.2 Å². The third-order valence-electron chi connectivity index (χ3n) is 4.28. The summed E-state index contributed by atoms with van der Waals surface area (Å²) >= 11 is 0. The highest BCUT2D eigenvalue weighted by Crippen LogP contribution is 2.31. The van der Waals surface area contributed by atoms with Crippen molar-refractivity contribution in [3.05, 3.63) is 65.4 Å². The Morgan fingerprint density at radius 1 is 1.12 bits per heavy atom. The molecule has 0 atom stereocenters. The van der Waals surface area contributed by atoms with Gasteiger partial charge in [-0.05, 0) is 42.3 Å². The number of benzene rings is 2. The van der Waals surface area contributed by atoms with Gasteiger partial charge in [0.1, 0.15) is 5.58 Å². The van der Waals surface area contributed by atoms with Crippen molar-refractivity contribution >= 4 is 28.5 Å². The van der Waals surface area contributed by atoms with Crippen molar-refractivity contribution in [3.8, 4) is 0 Å². The molecule has 1 aliphatic heterocycles. The average Bonchev–Trinajstić information content (AvgIpc) is 3.23. The summed E-state index contributed by atoms with van der Waals surface area (Å²) in [6.07, 6.45) is 0.701. The van der Waals surface area contributed by atoms with Crippen LogP contribution in [0.4, 0.5) is 5.69 Å². The van der Waals surface area contributed by atoms with Gasteiger partial charge in [-0.2, -0.15) is 0 Å². The van der Waals surface area contributed by atoms with Gasteiger partial charge in [-0.1, -0.05) is 18.2 Å². The minimum absolute atomic E-state index is 0.171. The number of rotatable bonds is 2. The lowest BCUT2D eigenvalue weighted by molar-refractivity contribution is 0.0600. The fraction of sp³-hybridized carbons (Fsp3) is 0.158. The summed E-state index contributed by atoms with van der Waals surface area (Å²) in [6.45, 7) is 0.565. The Hall–Kier alpha value is -3.08. The SMILES string of the molecule is COC(=O)c1ccc2c(c1)CCN2C(=O)c1cc2ccccc2o1. The van der Waals surface area contributed by atoms with Crippen molar-refractivity contribution in [1.82, 2.24) is 0 Å². The smallest absolute Gasteiger partial charge is 0.337 e. The second-order valence-corrected chi connectivity index (χ2v) is 5.69. The Morgan fingerprint density at radius 2 is 1.96 bits per heavy atom. The van der Waals surface area contributed by atoms with Crippen molar-refractivity contribution in [3.63, 3.8) is 0 Å². The molecular formula is C19H15NO4. The van der Waals surface area contributed by atoms with Gasteiger partial charge in [0, 0.05) is 17.6 Å². The highest BCUT2D eigenvalue weighted by Gasteiger charge is 2.28. The van der Waals surface area contributed by atoms with E-state index in [0.29, 0.717) is 29.9 Å². The van der Waals surface area contributed by atoms with Crippen molar-refractivity contribution in [1.29, 1.82) is 0 Å². The summed E-state index contributed by atoms with van der Waals surface area (Å²) in [4.78, 5) is 26.1. The Bertz CT molecular complexity index is 924. The number of anilines is 1. The Labute approximate surface area is 138 Å². The molecule has 0 unspecified atom stereocenters. The van der Waals surface area contributed by atoms with Gasteiger partial charge in [0.2, 0.25) is 0 Å². The molecule has 0 radical (unpaired) electrons. The number of para-hydroxylation sites is 1. The van der Waals surface area contributed by atoms with E-state index in [9.17, 15) is 9.59 Å². The molecule has 3 aromatic rings. The van der Waals surface area contributed by atoms with Crippen molar-refractivity contribution in [2.24, 2.45) is 0 Å². The number of amides is 1. The lowest BCUT2D eigenvalue weighted by atomic mass is 10.1. The summed E-state index contributed by atoms with van der Waals surface area (Å²) in [5.41, 5.74) is 2.96. The average molecular weight is 321 g/mol. The molecule has 0 bridgehead atoms. The van der Waals surface area contributed by atoms with Crippen LogP contribution >= 0.6 is 0 Å². The van der Waals surface area contributed by atoms with Crippen LogP contribution in [0.5, 0.6) is 0 Å². The number of methoxy groups -OCH3 is 1. The maximum Gasteiger partial charge on any atom is 0.337 e. The van der Waals surface area contributed by atoms with Gasteiger partial charge in [-0.3, -0.25) is 4.79 Å². The van der Waals surface area contributed by atoms with E-state index >= 15 is 0 Å². The van der Waals surface area contributed by atoms with Gasteiger partial charge < -0.3 is 14.1 Å². The molecule has 0 N–H and O–H groups in total. The zero-order valence-corrected chi connectivity index (χ0v) is 13.1. The summed E-state index contributed by atoms with van der Waals surface area (Å²) in [6, 6.07) is 14.5. The first-order valence-electron chi connectivity index (χ1n) is 7.69. The highest BCUT2D eigenvalue weighted by molar-refractivity contribution is 6.07. The highest BCUT2D eigenvalue weighted by atomic mass is 16.5. The second-order valence-electron chi connectivity index (χ2n) is 5.69. The van der Waals surface area contributed by atoms with E-state index in [1.165, 1.54) is 7.11 Å². The Kier molecular flexibility index (Phi) is 3.34. The quantitative estimate of drug-likeness (QED) is 0.679. The van der Waals surface area contributed by atoms with Gasteiger partial charge >= 0.3 is 5.97 Å². The molecule has 0 saturated heterocycles. The van der Waals surface area contributed by atoms with E-state index in [2.05, 4.69) is 0 Å². The zero-order valence-electron chi connectivity index (χ0n) is 13.1. The molecule has 1 aliphatic rings. The van der Waals surface area contributed by atoms with Gasteiger partial charge in [0.25, 0.3) is 5.91 Å². The molecule has 0 spiro atoms. The van der Waals surface area contributed by atoms with Crippen LogP contribution in [0.3, 0.4) is 0 Å². The summed E-state index contributed by atoms with van der Waals surface area (Å²) in [5, 5.41) is 0.904. The standard InChI is InChI=1S/C19H15NO4/c1-23-19(22)14-6-7-15-12(10-14)8-9-20(15)18(21)17-11-13-4-2-3-5-16(13)24-17/h2-7,10-11H,8-9H2,1H3. The Balaban J connectivity index is 1.67. The molecule has 0 saturated carbocycles. The molecule has 2 heterocycles. The van der Waals surface area contributed by atoms with Crippen molar-refractivity contribution in [2.45, 2.75) is 6.42 Å². The minimum Gasteiger partial charge on any atom is -0.465 e. The largest absolute Gasteiger partial charge is 0.465 e. The van der Waals surface area contributed by atoms with E-state index in [1.807, 2.05) is 24.3 Å². The zero-order chi connectivity index (χ0) is 16.7. The predicted octanol–water partition coefficient (Wildman–Crippen LogP) is 3.42. The van der Waals surface area contributed by atoms with Gasteiger partial charge in [-0.25, -0.2) is 4.79 Å². The first-order chi connectivity index (χ1) is 11.7. The second kappa shape index (κ2) is 5.53. The number of hydrogen-bond donors (Lipinski definition) is 0. The normalized spacial score (nSPS) is 13.1. The monoisotopic (exact) mass is 321 g/mol. The van der Waals surface area contributed by atoms with Gasteiger partial charge in [0.05, 0.1) is 12.7 Å². The number of esters is 1. The van der Waals surface area contributed by atoms with Crippen LogP contribution < -0.4 is 4.90 Å². The van der Waals surface area contributed by atoms with Crippen molar-refractivity contribution < 1.29 is 18.7 Å². The summed E-state index contributed by atoms with van der Waals surface area (Å²) < 4.78 is 10.4. The number of hydrogen-bond acceptors (Lipinski definition) is 4. The molecule has 1 aromatic heterocycles. The van der Waals surface area contributed by atoms with E-state index in [0.717, 1.165) is 16.6 Å². The molecule has 4 rings (SSSR count). The molecule has 0 fully saturated rings. The molecule has 2 aromatic carbocycles. The fourth-order valence-electron chi connectivity index (χ4n) is 3.08. The third kappa shape index (κ3) is 2.25. The van der Waals surface area contributed by atoms with Crippen LogP contribution in [0.15, 0.2) is 52.9 Å². The number of furan rings is 1. The number of ether oxygens (including phenoxy) is 1. The first kappa shape index (κ1) is 14.5. The molecule has 1 amide bonds. The number of fused-ring (bicyclic) bond motifs is 2. The molecule has 5 nitrogen and oxygen atoms in total. The summed E-state index contributed by atoms with van der Waals surface area (Å²) in [5.74, 6) is -0.225. The predicted molar refractivity (Wildman–Crippen MR) is 89.4 cm³/mol. The van der Waals surface area contributed by atoms with Crippen LogP contribution in [0.2, 0.25) is 0 Å². The van der Waals surface area contributed by atoms with Crippen LogP contribution in [-0.4, -0.2) is 25.5 Å². The van der Waals surface area contributed by atoms with Crippen LogP contribution in [0, 0.1) is 0 Å². The van der Waals surface area contributed by atoms with Gasteiger partial charge in [-0.15, -0.1) is 0 Å². The maximum atomic E-state index is 12.8. The number of carbonyl (C=O) groups excluding carboxylic acids is 2. The van der Waals surface area contributed by atoms with E-state index in [1.54, 1.807) is 29.2 Å². The molecule has 120 valence electrons. The Morgan fingerprint density at radius 3 is 2.75 bits per heavy atom. The van der Waals surface area contributed by atoms with Crippen molar-refractivity contribution in [2.75, 3.05) is 18.6 Å². The lowest BCUT2D eigenvalue weighted by Gasteiger charge is -2.15. The molecule has 0 aliphatic carbocycles. The van der Waals surface area contributed by atoms with E-state index in [-0.39, 0.29) is 11.9 Å². The number of nitrogens with zero attached hydrogens (tertiary/aromatic N) is 1. The van der Waals surface area contributed by atoms with Crippen LogP contribution in [0.25, 0.3) is 11.0 Å². The minimum atomic E-state index is -0.375. The number of carbonyl (C=O) groups is 2. The fourth-order valence-corrected chi connectivity index (χ4v) is 3.08. The first-order valence-corrected chi connectivity index (χ1v) is 7.69. The van der Waals surface area contributed by atoms with Crippen LogP contribution in [0.1, 0.15) is 26.5 Å². The lowest BCUT2D eigenvalue weighted by Crippen LogP contribution is -2.28. The molecular weight excluding hydrogens is 306 g/mol. The topological polar surface area (TPSA) is 59.8 Å². The van der Waals surface area contributed by atoms with E-state index in [4.69, 9.17) is 9.15 Å². The molecule has 24 heavy (non-hydrogen) atoms. The van der Waals surface area contributed by atoms with Gasteiger partial charge in [0.15, 0.2) is 5.76 Å².